The molecule has 6 nitrogen and oxygen atoms in total. The fourth-order valence-corrected chi connectivity index (χ4v) is 4.42. The monoisotopic (exact) mass is 462 g/mol. The number of piperazine rings is 1. The molecule has 3 aromatic carbocycles. The van der Waals surface area contributed by atoms with Crippen LogP contribution >= 0.6 is 0 Å². The highest BCUT2D eigenvalue weighted by Gasteiger charge is 2.22. The Morgan fingerprint density at radius 3 is 2.09 bits per heavy atom. The minimum Gasteiger partial charge on any atom is -0.495 e. The third-order valence-electron chi connectivity index (χ3n) is 6.31. The smallest absolute Gasteiger partial charge is 0.164 e. The highest BCUT2D eigenvalue weighted by Crippen LogP contribution is 2.34. The molecule has 1 saturated heterocycles. The van der Waals surface area contributed by atoms with E-state index in [1.165, 1.54) is 11.3 Å². The molecule has 1 heterocycles. The molecule has 0 amide bonds. The Balaban J connectivity index is 1.39. The zero-order valence-corrected chi connectivity index (χ0v) is 20.3. The van der Waals surface area contributed by atoms with Crippen LogP contribution < -0.4 is 23.8 Å². The lowest BCUT2D eigenvalue weighted by Gasteiger charge is -2.37. The molecule has 0 saturated carbocycles. The van der Waals surface area contributed by atoms with Crippen LogP contribution in [0.3, 0.4) is 0 Å². The molecule has 180 valence electrons. The van der Waals surface area contributed by atoms with E-state index in [0.29, 0.717) is 11.5 Å². The highest BCUT2D eigenvalue weighted by atomic mass is 16.5. The van der Waals surface area contributed by atoms with Gasteiger partial charge in [0.25, 0.3) is 0 Å². The first-order valence-corrected chi connectivity index (χ1v) is 11.8. The standard InChI is InChI=1S/C28H34N2O4/c1-31-26-12-8-7-11-24(26)30-19-17-29(18-20-30)16-15-25(22-9-5-4-6-10-22)34-23-13-14-27(32-2)28(21-23)33-3/h4-14,21,25H,15-20H2,1-3H3. The zero-order valence-electron chi connectivity index (χ0n) is 20.3. The first-order chi connectivity index (χ1) is 16.7. The summed E-state index contributed by atoms with van der Waals surface area (Å²) in [4.78, 5) is 4.92. The second kappa shape index (κ2) is 11.7. The first-order valence-electron chi connectivity index (χ1n) is 11.8. The number of anilines is 1. The van der Waals surface area contributed by atoms with Crippen LogP contribution in [0.2, 0.25) is 0 Å². The van der Waals surface area contributed by atoms with Crippen molar-refractivity contribution in [2.24, 2.45) is 0 Å². The van der Waals surface area contributed by atoms with Crippen LogP contribution in [0, 0.1) is 0 Å². The second-order valence-corrected chi connectivity index (χ2v) is 8.32. The molecule has 1 fully saturated rings. The lowest BCUT2D eigenvalue weighted by Crippen LogP contribution is -2.47. The van der Waals surface area contributed by atoms with E-state index >= 15 is 0 Å². The number of benzene rings is 3. The van der Waals surface area contributed by atoms with Gasteiger partial charge in [0.15, 0.2) is 11.5 Å². The maximum Gasteiger partial charge on any atom is 0.164 e. The molecule has 0 bridgehead atoms. The molecule has 1 aliphatic heterocycles. The van der Waals surface area contributed by atoms with E-state index in [4.69, 9.17) is 18.9 Å². The van der Waals surface area contributed by atoms with Gasteiger partial charge in [-0.1, -0.05) is 42.5 Å². The van der Waals surface area contributed by atoms with E-state index < -0.39 is 0 Å². The quantitative estimate of drug-likeness (QED) is 0.420. The molecule has 4 rings (SSSR count). The Bertz CT molecular complexity index is 1040. The lowest BCUT2D eigenvalue weighted by atomic mass is 10.1. The summed E-state index contributed by atoms with van der Waals surface area (Å²) in [6, 6.07) is 24.4. The Kier molecular flexibility index (Phi) is 8.15. The van der Waals surface area contributed by atoms with E-state index in [1.54, 1.807) is 21.3 Å². The van der Waals surface area contributed by atoms with E-state index in [-0.39, 0.29) is 6.10 Å². The molecule has 0 N–H and O–H groups in total. The van der Waals surface area contributed by atoms with Crippen LogP contribution in [0.5, 0.6) is 23.0 Å². The number of para-hydroxylation sites is 2. The van der Waals surface area contributed by atoms with Crippen LogP contribution in [0.4, 0.5) is 5.69 Å². The number of hydrogen-bond acceptors (Lipinski definition) is 6. The van der Waals surface area contributed by atoms with Gasteiger partial charge in [0.1, 0.15) is 17.6 Å². The molecular formula is C28H34N2O4. The second-order valence-electron chi connectivity index (χ2n) is 8.32. The average Bonchev–Trinajstić information content (AvgIpc) is 2.91. The number of rotatable bonds is 10. The van der Waals surface area contributed by atoms with Gasteiger partial charge in [0.05, 0.1) is 27.0 Å². The van der Waals surface area contributed by atoms with E-state index in [0.717, 1.165) is 50.6 Å². The van der Waals surface area contributed by atoms with Crippen molar-refractivity contribution < 1.29 is 18.9 Å². The minimum atomic E-state index is -0.0495. The molecule has 0 radical (unpaired) electrons. The topological polar surface area (TPSA) is 43.4 Å². The number of hydrogen-bond donors (Lipinski definition) is 0. The number of nitrogens with zero attached hydrogens (tertiary/aromatic N) is 2. The largest absolute Gasteiger partial charge is 0.495 e. The van der Waals surface area contributed by atoms with Crippen LogP contribution in [-0.4, -0.2) is 59.0 Å². The van der Waals surface area contributed by atoms with Gasteiger partial charge in [-0.2, -0.15) is 0 Å². The van der Waals surface area contributed by atoms with Crippen molar-refractivity contribution in [3.63, 3.8) is 0 Å². The van der Waals surface area contributed by atoms with Crippen LogP contribution in [0.25, 0.3) is 0 Å². The fourth-order valence-electron chi connectivity index (χ4n) is 4.42. The van der Waals surface area contributed by atoms with Crippen molar-refractivity contribution in [3.05, 3.63) is 78.4 Å². The van der Waals surface area contributed by atoms with Crippen LogP contribution in [-0.2, 0) is 0 Å². The molecule has 0 aliphatic carbocycles. The highest BCUT2D eigenvalue weighted by molar-refractivity contribution is 5.58. The summed E-state index contributed by atoms with van der Waals surface area (Å²) in [5, 5.41) is 0. The van der Waals surface area contributed by atoms with Gasteiger partial charge >= 0.3 is 0 Å². The molecule has 1 aliphatic rings. The summed E-state index contributed by atoms with van der Waals surface area (Å²) < 4.78 is 22.8. The van der Waals surface area contributed by atoms with Crippen molar-refractivity contribution in [3.8, 4) is 23.0 Å². The fraction of sp³-hybridized carbons (Fsp3) is 0.357. The summed E-state index contributed by atoms with van der Waals surface area (Å²) in [7, 11) is 5.01. The van der Waals surface area contributed by atoms with Crippen molar-refractivity contribution in [2.75, 3.05) is 59.0 Å². The van der Waals surface area contributed by atoms with Gasteiger partial charge in [0, 0.05) is 45.2 Å². The Morgan fingerprint density at radius 2 is 1.38 bits per heavy atom. The molecule has 34 heavy (non-hydrogen) atoms. The molecule has 1 atom stereocenters. The SMILES string of the molecule is COc1ccc(OC(CCN2CCN(c3ccccc3OC)CC2)c2ccccc2)cc1OC. The molecule has 0 spiro atoms. The summed E-state index contributed by atoms with van der Waals surface area (Å²) in [6.07, 6.45) is 0.846. The van der Waals surface area contributed by atoms with Crippen molar-refractivity contribution in [1.82, 2.24) is 4.90 Å². The van der Waals surface area contributed by atoms with Gasteiger partial charge in [-0.3, -0.25) is 4.90 Å². The molecule has 3 aromatic rings. The maximum absolute atomic E-state index is 6.47. The molecule has 1 unspecified atom stereocenters. The minimum absolute atomic E-state index is 0.0495. The van der Waals surface area contributed by atoms with Gasteiger partial charge in [-0.05, 0) is 29.8 Å². The molecular weight excluding hydrogens is 428 g/mol. The van der Waals surface area contributed by atoms with Gasteiger partial charge in [0.2, 0.25) is 0 Å². The Hall–Kier alpha value is -3.38. The zero-order chi connectivity index (χ0) is 23.8. The number of methoxy groups -OCH3 is 3. The van der Waals surface area contributed by atoms with Gasteiger partial charge in [-0.15, -0.1) is 0 Å². The van der Waals surface area contributed by atoms with E-state index in [1.807, 2.05) is 36.4 Å². The summed E-state index contributed by atoms with van der Waals surface area (Å²) in [5.74, 6) is 3.06. The Morgan fingerprint density at radius 1 is 0.706 bits per heavy atom. The lowest BCUT2D eigenvalue weighted by molar-refractivity contribution is 0.159. The molecule has 0 aromatic heterocycles. The first kappa shape index (κ1) is 23.8. The third kappa shape index (κ3) is 5.75. The summed E-state index contributed by atoms with van der Waals surface area (Å²) in [6.45, 7) is 4.94. The van der Waals surface area contributed by atoms with Crippen LogP contribution in [0.1, 0.15) is 18.1 Å². The average molecular weight is 463 g/mol. The van der Waals surface area contributed by atoms with Crippen molar-refractivity contribution in [1.29, 1.82) is 0 Å². The predicted octanol–water partition coefficient (Wildman–Crippen LogP) is 5.04. The van der Waals surface area contributed by atoms with Gasteiger partial charge < -0.3 is 23.8 Å². The normalized spacial score (nSPS) is 15.0. The van der Waals surface area contributed by atoms with Crippen LogP contribution in [0.15, 0.2) is 72.8 Å². The third-order valence-corrected chi connectivity index (χ3v) is 6.31. The molecule has 6 heteroatoms. The van der Waals surface area contributed by atoms with E-state index in [9.17, 15) is 0 Å². The Labute approximate surface area is 202 Å². The predicted molar refractivity (Wildman–Crippen MR) is 136 cm³/mol. The number of ether oxygens (including phenoxy) is 4. The summed E-state index contributed by atoms with van der Waals surface area (Å²) in [5.41, 5.74) is 2.34. The summed E-state index contributed by atoms with van der Waals surface area (Å²) >= 11 is 0. The van der Waals surface area contributed by atoms with Crippen molar-refractivity contribution >= 4 is 5.69 Å². The van der Waals surface area contributed by atoms with E-state index in [2.05, 4.69) is 46.2 Å². The maximum atomic E-state index is 6.47. The van der Waals surface area contributed by atoms with Crippen molar-refractivity contribution in [2.45, 2.75) is 12.5 Å². The van der Waals surface area contributed by atoms with Gasteiger partial charge in [-0.25, -0.2) is 0 Å².